The van der Waals surface area contributed by atoms with Gasteiger partial charge in [-0.05, 0) is 11.5 Å². The molecular weight excluding hydrogens is 468 g/mol. The number of anilines is 1. The SMILES string of the molecule is Cn1c(=O)c2c(nc(N/N=C/c3c(O)n(-c4cccc5ccccc45)c(=O)[nH]c3=O)n2C)n(C)c1=O. The van der Waals surface area contributed by atoms with Crippen molar-refractivity contribution in [1.82, 2.24) is 28.2 Å². The maximum absolute atomic E-state index is 12.6. The summed E-state index contributed by atoms with van der Waals surface area (Å²) in [6.45, 7) is 0. The topological polar surface area (TPSA) is 161 Å². The van der Waals surface area contributed by atoms with Crippen LogP contribution in [0.15, 0.2) is 66.7 Å². The van der Waals surface area contributed by atoms with E-state index in [-0.39, 0.29) is 22.7 Å². The van der Waals surface area contributed by atoms with Crippen molar-refractivity contribution in [2.45, 2.75) is 0 Å². The van der Waals surface area contributed by atoms with E-state index in [0.717, 1.165) is 20.7 Å². The highest BCUT2D eigenvalue weighted by Gasteiger charge is 2.18. The number of nitrogens with one attached hydrogen (secondary N) is 2. The Balaban J connectivity index is 1.59. The first-order valence-corrected chi connectivity index (χ1v) is 10.7. The summed E-state index contributed by atoms with van der Waals surface area (Å²) in [4.78, 5) is 56.3. The molecule has 0 aliphatic heterocycles. The van der Waals surface area contributed by atoms with Crippen LogP contribution in [0, 0.1) is 0 Å². The van der Waals surface area contributed by atoms with Crippen LogP contribution in [0.5, 0.6) is 5.88 Å². The lowest BCUT2D eigenvalue weighted by Gasteiger charge is -2.12. The summed E-state index contributed by atoms with van der Waals surface area (Å²) in [5.41, 5.74) is 0.295. The van der Waals surface area contributed by atoms with Gasteiger partial charge in [0.25, 0.3) is 11.1 Å². The summed E-state index contributed by atoms with van der Waals surface area (Å²) in [6.07, 6.45) is 1.03. The van der Waals surface area contributed by atoms with Gasteiger partial charge in [0.1, 0.15) is 5.56 Å². The van der Waals surface area contributed by atoms with Gasteiger partial charge in [-0.3, -0.25) is 23.7 Å². The predicted molar refractivity (Wildman–Crippen MR) is 134 cm³/mol. The Labute approximate surface area is 200 Å². The van der Waals surface area contributed by atoms with Crippen LogP contribution in [0.3, 0.4) is 0 Å². The highest BCUT2D eigenvalue weighted by molar-refractivity contribution is 5.91. The molecule has 3 heterocycles. The number of nitrogens with zero attached hydrogens (tertiary/aromatic N) is 6. The van der Waals surface area contributed by atoms with Gasteiger partial charge in [-0.2, -0.15) is 10.1 Å². The number of hydrazone groups is 1. The van der Waals surface area contributed by atoms with E-state index in [9.17, 15) is 24.3 Å². The number of aromatic hydroxyl groups is 1. The van der Waals surface area contributed by atoms with Crippen LogP contribution in [-0.4, -0.2) is 39.6 Å². The zero-order valence-electron chi connectivity index (χ0n) is 19.4. The number of hydrogen-bond donors (Lipinski definition) is 3. The molecule has 0 aliphatic rings. The average Bonchev–Trinajstić information content (AvgIpc) is 3.19. The van der Waals surface area contributed by atoms with Crippen LogP contribution in [0.2, 0.25) is 0 Å². The second kappa shape index (κ2) is 8.23. The van der Waals surface area contributed by atoms with E-state index in [2.05, 4.69) is 20.5 Å². The Bertz CT molecular complexity index is 1950. The molecule has 36 heavy (non-hydrogen) atoms. The average molecular weight is 488 g/mol. The van der Waals surface area contributed by atoms with Crippen molar-refractivity contribution in [3.05, 3.63) is 89.7 Å². The molecule has 3 aromatic heterocycles. The van der Waals surface area contributed by atoms with E-state index >= 15 is 0 Å². The number of benzene rings is 2. The second-order valence-corrected chi connectivity index (χ2v) is 8.07. The number of aromatic amines is 1. The van der Waals surface area contributed by atoms with Gasteiger partial charge in [-0.1, -0.05) is 36.4 Å². The Morgan fingerprint density at radius 3 is 2.47 bits per heavy atom. The largest absolute Gasteiger partial charge is 0.493 e. The standard InChI is InChI=1S/C23H20N8O5/c1-28-16-17(29(2)23(36)30(3)20(16)34)25-21(28)27-24-11-14-18(32)26-22(35)31(19(14)33)15-10-6-8-12-7-4-5-9-13(12)15/h4-11,33H,1-3H3,(H,25,27)(H,26,32,35)/b24-11+. The molecule has 182 valence electrons. The third-order valence-electron chi connectivity index (χ3n) is 5.96. The molecule has 0 saturated carbocycles. The fraction of sp³-hybridized carbons (Fsp3) is 0.130. The highest BCUT2D eigenvalue weighted by atomic mass is 16.3. The normalized spacial score (nSPS) is 11.6. The number of H-pyrrole nitrogens is 1. The Morgan fingerprint density at radius 2 is 1.69 bits per heavy atom. The first-order chi connectivity index (χ1) is 17.2. The minimum absolute atomic E-state index is 0.109. The maximum atomic E-state index is 12.6. The molecule has 0 fully saturated rings. The maximum Gasteiger partial charge on any atom is 0.335 e. The fourth-order valence-corrected chi connectivity index (χ4v) is 4.05. The van der Waals surface area contributed by atoms with E-state index in [1.165, 1.54) is 23.2 Å². The first-order valence-electron chi connectivity index (χ1n) is 10.7. The summed E-state index contributed by atoms with van der Waals surface area (Å²) in [6, 6.07) is 12.5. The van der Waals surface area contributed by atoms with Crippen molar-refractivity contribution in [2.75, 3.05) is 5.43 Å². The van der Waals surface area contributed by atoms with E-state index in [4.69, 9.17) is 0 Å². The molecule has 0 aliphatic carbocycles. The summed E-state index contributed by atoms with van der Waals surface area (Å²) < 4.78 is 4.59. The van der Waals surface area contributed by atoms with Crippen molar-refractivity contribution < 1.29 is 5.11 Å². The Hall–Kier alpha value is -5.20. The van der Waals surface area contributed by atoms with E-state index < -0.39 is 28.4 Å². The first kappa shape index (κ1) is 22.6. The predicted octanol–water partition coefficient (Wildman–Crippen LogP) is 0.115. The summed E-state index contributed by atoms with van der Waals surface area (Å²) in [7, 11) is 4.41. The van der Waals surface area contributed by atoms with E-state index in [0.29, 0.717) is 11.1 Å². The summed E-state index contributed by atoms with van der Waals surface area (Å²) in [5, 5.41) is 16.4. The molecule has 0 atom stereocenters. The van der Waals surface area contributed by atoms with Gasteiger partial charge in [0, 0.05) is 26.5 Å². The fourth-order valence-electron chi connectivity index (χ4n) is 4.05. The van der Waals surface area contributed by atoms with Crippen molar-refractivity contribution >= 4 is 34.1 Å². The van der Waals surface area contributed by atoms with Crippen molar-refractivity contribution in [3.8, 4) is 11.6 Å². The van der Waals surface area contributed by atoms with Gasteiger partial charge in [0.2, 0.25) is 11.8 Å². The van der Waals surface area contributed by atoms with Crippen LogP contribution in [0.25, 0.3) is 27.6 Å². The smallest absolute Gasteiger partial charge is 0.335 e. The van der Waals surface area contributed by atoms with Gasteiger partial charge in [0.05, 0.1) is 11.9 Å². The molecule has 3 N–H and O–H groups in total. The Morgan fingerprint density at radius 1 is 0.972 bits per heavy atom. The molecular formula is C23H20N8O5. The number of fused-ring (bicyclic) bond motifs is 2. The van der Waals surface area contributed by atoms with Crippen LogP contribution < -0.4 is 27.9 Å². The minimum atomic E-state index is -0.846. The molecule has 13 nitrogen and oxygen atoms in total. The number of aromatic nitrogens is 6. The molecule has 0 spiro atoms. The number of aryl methyl sites for hydroxylation is 2. The van der Waals surface area contributed by atoms with Crippen molar-refractivity contribution in [2.24, 2.45) is 26.2 Å². The van der Waals surface area contributed by atoms with E-state index in [1.54, 1.807) is 31.3 Å². The quantitative estimate of drug-likeness (QED) is 0.239. The van der Waals surface area contributed by atoms with Crippen LogP contribution in [0.1, 0.15) is 5.56 Å². The van der Waals surface area contributed by atoms with Crippen LogP contribution >= 0.6 is 0 Å². The zero-order chi connectivity index (χ0) is 25.7. The van der Waals surface area contributed by atoms with Gasteiger partial charge < -0.3 is 9.67 Å². The molecule has 0 radical (unpaired) electrons. The Kier molecular flexibility index (Phi) is 5.16. The van der Waals surface area contributed by atoms with Gasteiger partial charge in [-0.25, -0.2) is 19.6 Å². The molecule has 0 amide bonds. The molecule has 0 bridgehead atoms. The van der Waals surface area contributed by atoms with Crippen LogP contribution in [-0.2, 0) is 21.1 Å². The number of hydrogen-bond acceptors (Lipinski definition) is 8. The summed E-state index contributed by atoms with van der Waals surface area (Å²) >= 11 is 0. The molecule has 5 aromatic rings. The monoisotopic (exact) mass is 488 g/mol. The lowest BCUT2D eigenvalue weighted by molar-refractivity contribution is 0.430. The lowest BCUT2D eigenvalue weighted by Crippen LogP contribution is -2.37. The van der Waals surface area contributed by atoms with Crippen LogP contribution in [0.4, 0.5) is 5.95 Å². The van der Waals surface area contributed by atoms with Crippen molar-refractivity contribution in [3.63, 3.8) is 0 Å². The van der Waals surface area contributed by atoms with Gasteiger partial charge in [-0.15, -0.1) is 0 Å². The van der Waals surface area contributed by atoms with Gasteiger partial charge in [0.15, 0.2) is 11.2 Å². The number of rotatable bonds is 4. The molecule has 5 rings (SSSR count). The zero-order valence-corrected chi connectivity index (χ0v) is 19.4. The minimum Gasteiger partial charge on any atom is -0.493 e. The molecule has 0 saturated heterocycles. The summed E-state index contributed by atoms with van der Waals surface area (Å²) in [5.74, 6) is -0.496. The third-order valence-corrected chi connectivity index (χ3v) is 5.96. The van der Waals surface area contributed by atoms with Crippen molar-refractivity contribution in [1.29, 1.82) is 0 Å². The molecule has 0 unspecified atom stereocenters. The van der Waals surface area contributed by atoms with Gasteiger partial charge >= 0.3 is 11.4 Å². The highest BCUT2D eigenvalue weighted by Crippen LogP contribution is 2.24. The lowest BCUT2D eigenvalue weighted by atomic mass is 10.1. The van der Waals surface area contributed by atoms with E-state index in [1.807, 2.05) is 18.2 Å². The second-order valence-electron chi connectivity index (χ2n) is 8.07. The number of imidazole rings is 1. The molecule has 13 heteroatoms. The molecule has 2 aromatic carbocycles. The third kappa shape index (κ3) is 3.33.